The number of nitrogens with zero attached hydrogens (tertiary/aromatic N) is 1. The van der Waals surface area contributed by atoms with Crippen LogP contribution < -0.4 is 16.4 Å². The molecule has 0 saturated carbocycles. The van der Waals surface area contributed by atoms with Gasteiger partial charge in [0.25, 0.3) is 0 Å². The van der Waals surface area contributed by atoms with Crippen molar-refractivity contribution in [3.63, 3.8) is 0 Å². The van der Waals surface area contributed by atoms with Gasteiger partial charge >= 0.3 is 12.1 Å². The van der Waals surface area contributed by atoms with Crippen molar-refractivity contribution in [3.05, 3.63) is 35.4 Å². The monoisotopic (exact) mass is 534 g/mol. The highest BCUT2D eigenvalue weighted by Crippen LogP contribution is 2.25. The Kier molecular flexibility index (Phi) is 13.3. The van der Waals surface area contributed by atoms with Gasteiger partial charge in [0.1, 0.15) is 24.2 Å². The summed E-state index contributed by atoms with van der Waals surface area (Å²) >= 11 is 0. The number of benzene rings is 1. The van der Waals surface area contributed by atoms with Crippen LogP contribution in [-0.4, -0.2) is 66.5 Å². The number of methoxy groups -OCH3 is 1. The summed E-state index contributed by atoms with van der Waals surface area (Å²) in [5, 5.41) is 5.09. The fourth-order valence-electron chi connectivity index (χ4n) is 3.73. The van der Waals surface area contributed by atoms with Crippen molar-refractivity contribution < 1.29 is 33.4 Å². The third-order valence-electron chi connectivity index (χ3n) is 5.51. The predicted molar refractivity (Wildman–Crippen MR) is 142 cm³/mol. The van der Waals surface area contributed by atoms with Gasteiger partial charge in [-0.1, -0.05) is 49.6 Å². The number of carbonyl (C=O) groups is 5. The highest BCUT2D eigenvalue weighted by molar-refractivity contribution is 5.93. The van der Waals surface area contributed by atoms with Crippen LogP contribution >= 0.6 is 0 Å². The van der Waals surface area contributed by atoms with Crippen LogP contribution in [0.4, 0.5) is 4.79 Å². The second-order valence-corrected chi connectivity index (χ2v) is 10.1. The first kappa shape index (κ1) is 32.4. The van der Waals surface area contributed by atoms with Crippen LogP contribution in [0.3, 0.4) is 0 Å². The van der Waals surface area contributed by atoms with Crippen LogP contribution in [0.15, 0.2) is 24.3 Å². The molecule has 0 aliphatic carbocycles. The van der Waals surface area contributed by atoms with Crippen molar-refractivity contribution in [2.24, 2.45) is 5.73 Å². The van der Waals surface area contributed by atoms with Gasteiger partial charge in [0.15, 0.2) is 0 Å². The second-order valence-electron chi connectivity index (χ2n) is 10.1. The van der Waals surface area contributed by atoms with Crippen LogP contribution in [0.5, 0.6) is 0 Å². The fraction of sp³-hybridized carbons (Fsp3) is 0.593. The van der Waals surface area contributed by atoms with Gasteiger partial charge in [-0.2, -0.15) is 0 Å². The first-order valence-electron chi connectivity index (χ1n) is 12.8. The van der Waals surface area contributed by atoms with E-state index in [1.165, 1.54) is 12.0 Å². The number of rotatable bonds is 14. The standard InChI is InChI=1S/C27H42N4O7/c1-7-8-9-15-31(25(35)20(13-14-21(28)32)30-26(36)38-27(3,4)5)23(19-12-10-11-18(2)16-19)24(34)29-17-22(33)37-6/h10-12,16,20,23H,7-9,13-15,17H2,1-6H3,(H2,28,32)(H,29,34)(H,30,36). The summed E-state index contributed by atoms with van der Waals surface area (Å²) in [6.07, 6.45) is 1.16. The maximum atomic E-state index is 14.0. The van der Waals surface area contributed by atoms with Crippen LogP contribution in [0.1, 0.15) is 77.0 Å². The predicted octanol–water partition coefficient (Wildman–Crippen LogP) is 2.50. The Balaban J connectivity index is 3.49. The summed E-state index contributed by atoms with van der Waals surface area (Å²) in [5.41, 5.74) is 5.91. The van der Waals surface area contributed by atoms with E-state index in [0.717, 1.165) is 18.4 Å². The van der Waals surface area contributed by atoms with E-state index in [9.17, 15) is 24.0 Å². The van der Waals surface area contributed by atoms with Crippen molar-refractivity contribution >= 4 is 29.8 Å². The largest absolute Gasteiger partial charge is 0.468 e. The number of alkyl carbamates (subject to hydrolysis) is 1. The Labute approximate surface area is 224 Å². The van der Waals surface area contributed by atoms with E-state index in [2.05, 4.69) is 15.4 Å². The van der Waals surface area contributed by atoms with Crippen LogP contribution in [0.25, 0.3) is 0 Å². The Morgan fingerprint density at radius 2 is 1.79 bits per heavy atom. The lowest BCUT2D eigenvalue weighted by molar-refractivity contribution is -0.145. The molecular formula is C27H42N4O7. The minimum Gasteiger partial charge on any atom is -0.468 e. The van der Waals surface area contributed by atoms with Crippen LogP contribution in [-0.2, 0) is 28.7 Å². The summed E-state index contributed by atoms with van der Waals surface area (Å²) < 4.78 is 9.95. The second kappa shape index (κ2) is 15.6. The van der Waals surface area contributed by atoms with E-state index in [4.69, 9.17) is 10.5 Å². The van der Waals surface area contributed by atoms with Crippen LogP contribution in [0, 0.1) is 6.92 Å². The molecule has 0 aliphatic rings. The van der Waals surface area contributed by atoms with Gasteiger partial charge in [0, 0.05) is 13.0 Å². The van der Waals surface area contributed by atoms with Crippen molar-refractivity contribution in [1.29, 1.82) is 0 Å². The normalized spacial score (nSPS) is 12.6. The summed E-state index contributed by atoms with van der Waals surface area (Å²) in [6, 6.07) is 4.83. The van der Waals surface area contributed by atoms with Gasteiger partial charge in [-0.3, -0.25) is 19.2 Å². The number of nitrogens with one attached hydrogen (secondary N) is 2. The number of carbonyl (C=O) groups excluding carboxylic acids is 5. The number of ether oxygens (including phenoxy) is 2. The molecule has 0 spiro atoms. The van der Waals surface area contributed by atoms with Gasteiger partial charge < -0.3 is 30.7 Å². The first-order valence-corrected chi connectivity index (χ1v) is 12.8. The maximum absolute atomic E-state index is 14.0. The molecule has 0 fully saturated rings. The number of amides is 4. The lowest BCUT2D eigenvalue weighted by Crippen LogP contribution is -2.53. The van der Waals surface area contributed by atoms with E-state index >= 15 is 0 Å². The topological polar surface area (TPSA) is 157 Å². The number of unbranched alkanes of at least 4 members (excludes halogenated alkanes) is 2. The molecule has 2 unspecified atom stereocenters. The molecule has 11 heteroatoms. The van der Waals surface area contributed by atoms with E-state index in [1.807, 2.05) is 19.9 Å². The van der Waals surface area contributed by atoms with Crippen molar-refractivity contribution in [1.82, 2.24) is 15.5 Å². The molecule has 0 bridgehead atoms. The zero-order valence-corrected chi connectivity index (χ0v) is 23.3. The molecule has 0 saturated heterocycles. The Bertz CT molecular complexity index is 974. The molecule has 0 aliphatic heterocycles. The zero-order valence-electron chi connectivity index (χ0n) is 23.3. The third-order valence-corrected chi connectivity index (χ3v) is 5.51. The lowest BCUT2D eigenvalue weighted by Gasteiger charge is -2.34. The first-order chi connectivity index (χ1) is 17.8. The number of primary amides is 1. The van der Waals surface area contributed by atoms with Gasteiger partial charge in [-0.05, 0) is 46.1 Å². The molecule has 4 amide bonds. The molecule has 38 heavy (non-hydrogen) atoms. The number of nitrogens with two attached hydrogens (primary N) is 1. The molecule has 0 aromatic heterocycles. The smallest absolute Gasteiger partial charge is 0.408 e. The number of aryl methyl sites for hydroxylation is 1. The quantitative estimate of drug-likeness (QED) is 0.244. The molecule has 212 valence electrons. The van der Waals surface area contributed by atoms with Gasteiger partial charge in [-0.25, -0.2) is 4.79 Å². The lowest BCUT2D eigenvalue weighted by atomic mass is 9.99. The molecular weight excluding hydrogens is 492 g/mol. The summed E-state index contributed by atoms with van der Waals surface area (Å²) in [7, 11) is 1.21. The van der Waals surface area contributed by atoms with Crippen molar-refractivity contribution in [2.45, 2.75) is 84.4 Å². The zero-order chi connectivity index (χ0) is 28.9. The minimum absolute atomic E-state index is 0.0813. The van der Waals surface area contributed by atoms with Gasteiger partial charge in [-0.15, -0.1) is 0 Å². The summed E-state index contributed by atoms with van der Waals surface area (Å²) in [4.78, 5) is 64.6. The molecule has 4 N–H and O–H groups in total. The van der Waals surface area contributed by atoms with Gasteiger partial charge in [0.05, 0.1) is 7.11 Å². The van der Waals surface area contributed by atoms with E-state index in [0.29, 0.717) is 12.0 Å². The van der Waals surface area contributed by atoms with Crippen molar-refractivity contribution in [2.75, 3.05) is 20.2 Å². The molecule has 11 nitrogen and oxygen atoms in total. The fourth-order valence-corrected chi connectivity index (χ4v) is 3.73. The van der Waals surface area contributed by atoms with Gasteiger partial charge in [0.2, 0.25) is 17.7 Å². The van der Waals surface area contributed by atoms with Crippen LogP contribution in [0.2, 0.25) is 0 Å². The van der Waals surface area contributed by atoms with E-state index < -0.39 is 47.5 Å². The highest BCUT2D eigenvalue weighted by Gasteiger charge is 2.36. The number of hydrogen-bond donors (Lipinski definition) is 3. The minimum atomic E-state index is -1.18. The average molecular weight is 535 g/mol. The molecule has 1 rings (SSSR count). The SMILES string of the molecule is CCCCCN(C(=O)C(CCC(N)=O)NC(=O)OC(C)(C)C)C(C(=O)NCC(=O)OC)c1cccc(C)c1. The molecule has 2 atom stereocenters. The number of hydrogen-bond acceptors (Lipinski definition) is 7. The molecule has 1 aromatic carbocycles. The van der Waals surface area contributed by atoms with Crippen molar-refractivity contribution in [3.8, 4) is 0 Å². The summed E-state index contributed by atoms with van der Waals surface area (Å²) in [6.45, 7) is 8.73. The van der Waals surface area contributed by atoms with E-state index in [1.54, 1.807) is 39.0 Å². The summed E-state index contributed by atoms with van der Waals surface area (Å²) in [5.74, 6) is -2.45. The third kappa shape index (κ3) is 11.6. The maximum Gasteiger partial charge on any atom is 0.408 e. The molecule has 0 heterocycles. The highest BCUT2D eigenvalue weighted by atomic mass is 16.6. The molecule has 0 radical (unpaired) electrons. The Morgan fingerprint density at radius 3 is 2.34 bits per heavy atom. The average Bonchev–Trinajstić information content (AvgIpc) is 2.82. The Hall–Kier alpha value is -3.63. The molecule has 1 aromatic rings. The Morgan fingerprint density at radius 1 is 1.11 bits per heavy atom. The number of esters is 1. The van der Waals surface area contributed by atoms with E-state index in [-0.39, 0.29) is 25.9 Å².